The lowest BCUT2D eigenvalue weighted by atomic mass is 10.1. The first-order valence-corrected chi connectivity index (χ1v) is 9.84. The van der Waals surface area contributed by atoms with Gasteiger partial charge in [0.15, 0.2) is 5.82 Å². The van der Waals surface area contributed by atoms with E-state index in [1.165, 1.54) is 25.7 Å². The van der Waals surface area contributed by atoms with Gasteiger partial charge in [-0.05, 0) is 37.1 Å². The van der Waals surface area contributed by atoms with Crippen molar-refractivity contribution >= 4 is 44.3 Å². The first kappa shape index (κ1) is 15.6. The number of nitrogens with one attached hydrogen (secondary N) is 3. The van der Waals surface area contributed by atoms with Gasteiger partial charge in [-0.15, -0.1) is 0 Å². The van der Waals surface area contributed by atoms with Crippen LogP contribution in [0, 0.1) is 0 Å². The number of fused-ring (bicyclic) bond motifs is 4. The van der Waals surface area contributed by atoms with E-state index in [9.17, 15) is 0 Å². The smallest absolute Gasteiger partial charge is 0.157 e. The Kier molecular flexibility index (Phi) is 3.38. The van der Waals surface area contributed by atoms with Crippen LogP contribution in [0.15, 0.2) is 48.7 Å². The first-order chi connectivity index (χ1) is 13.8. The van der Waals surface area contributed by atoms with Crippen LogP contribution in [0.25, 0.3) is 32.8 Å². The predicted octanol–water partition coefficient (Wildman–Crippen LogP) is 5.39. The summed E-state index contributed by atoms with van der Waals surface area (Å²) in [5.41, 5.74) is 4.89. The number of anilines is 2. The molecule has 1 saturated carbocycles. The molecule has 0 saturated heterocycles. The number of pyridine rings is 1. The van der Waals surface area contributed by atoms with Gasteiger partial charge >= 0.3 is 0 Å². The molecule has 0 unspecified atom stereocenters. The lowest BCUT2D eigenvalue weighted by Crippen LogP contribution is -1.96. The van der Waals surface area contributed by atoms with Crippen LogP contribution in [0.1, 0.15) is 37.4 Å². The lowest BCUT2D eigenvalue weighted by Gasteiger charge is -2.09. The maximum atomic E-state index is 5.02. The van der Waals surface area contributed by atoms with Crippen molar-refractivity contribution in [3.05, 3.63) is 54.5 Å². The van der Waals surface area contributed by atoms with Gasteiger partial charge in [-0.2, -0.15) is 5.10 Å². The summed E-state index contributed by atoms with van der Waals surface area (Å²) in [6, 6.07) is 14.4. The number of H-pyrrole nitrogens is 2. The van der Waals surface area contributed by atoms with E-state index < -0.39 is 0 Å². The Morgan fingerprint density at radius 3 is 2.82 bits per heavy atom. The van der Waals surface area contributed by atoms with Crippen molar-refractivity contribution in [1.82, 2.24) is 25.1 Å². The van der Waals surface area contributed by atoms with Crippen LogP contribution in [0.3, 0.4) is 0 Å². The van der Waals surface area contributed by atoms with Crippen LogP contribution in [-0.2, 0) is 0 Å². The summed E-state index contributed by atoms with van der Waals surface area (Å²) in [6.07, 6.45) is 6.83. The average Bonchev–Trinajstić information content (AvgIpc) is 3.47. The minimum Gasteiger partial charge on any atom is -0.339 e. The molecule has 0 bridgehead atoms. The highest BCUT2D eigenvalue weighted by atomic mass is 15.1. The number of para-hydroxylation sites is 1. The molecule has 28 heavy (non-hydrogen) atoms. The molecule has 138 valence electrons. The Labute approximate surface area is 161 Å². The van der Waals surface area contributed by atoms with E-state index in [1.54, 1.807) is 0 Å². The fourth-order valence-corrected chi connectivity index (χ4v) is 4.34. The molecular weight excluding hydrogens is 348 g/mol. The molecule has 3 aromatic heterocycles. The number of imidazole rings is 1. The quantitative estimate of drug-likeness (QED) is 0.399. The van der Waals surface area contributed by atoms with Crippen molar-refractivity contribution in [3.8, 4) is 0 Å². The van der Waals surface area contributed by atoms with Gasteiger partial charge in [0.25, 0.3) is 0 Å². The number of benzene rings is 2. The molecule has 6 rings (SSSR count). The van der Waals surface area contributed by atoms with Crippen LogP contribution in [-0.4, -0.2) is 25.1 Å². The number of rotatable bonds is 3. The van der Waals surface area contributed by atoms with Crippen molar-refractivity contribution in [2.75, 3.05) is 5.32 Å². The van der Waals surface area contributed by atoms with Crippen molar-refractivity contribution in [2.45, 2.75) is 31.6 Å². The van der Waals surface area contributed by atoms with E-state index in [-0.39, 0.29) is 0 Å². The van der Waals surface area contributed by atoms with Crippen LogP contribution < -0.4 is 5.32 Å². The lowest BCUT2D eigenvalue weighted by molar-refractivity contribution is 0.681. The first-order valence-electron chi connectivity index (χ1n) is 9.84. The summed E-state index contributed by atoms with van der Waals surface area (Å²) >= 11 is 0. The number of hydrogen-bond acceptors (Lipinski definition) is 4. The molecule has 3 N–H and O–H groups in total. The van der Waals surface area contributed by atoms with E-state index in [4.69, 9.17) is 9.97 Å². The molecule has 0 atom stereocenters. The Balaban J connectivity index is 1.52. The standard InChI is InChI=1S/C22H20N6/c1-2-6-13(5-1)21-26-19-16-7-3-4-8-17(16)25-22(20(19)27-21)24-15-10-9-14-12-23-28-18(14)11-15/h3-4,7-13H,1-2,5-6H2,(H,23,28)(H,24,25)(H,26,27). The molecular formula is C22H20N6. The van der Waals surface area contributed by atoms with Gasteiger partial charge in [0.2, 0.25) is 0 Å². The predicted molar refractivity (Wildman–Crippen MR) is 112 cm³/mol. The molecule has 1 aliphatic rings. The van der Waals surface area contributed by atoms with Crippen LogP contribution in [0.5, 0.6) is 0 Å². The van der Waals surface area contributed by atoms with Crippen LogP contribution >= 0.6 is 0 Å². The number of nitrogens with zero attached hydrogens (tertiary/aromatic N) is 3. The largest absolute Gasteiger partial charge is 0.339 e. The Morgan fingerprint density at radius 2 is 1.89 bits per heavy atom. The maximum Gasteiger partial charge on any atom is 0.157 e. The summed E-state index contributed by atoms with van der Waals surface area (Å²) in [5.74, 6) is 2.43. The molecule has 0 amide bonds. The van der Waals surface area contributed by atoms with Crippen molar-refractivity contribution < 1.29 is 0 Å². The number of aromatic nitrogens is 5. The number of aromatic amines is 2. The molecule has 0 aliphatic heterocycles. The Bertz CT molecular complexity index is 1310. The molecule has 5 aromatic rings. The van der Waals surface area contributed by atoms with Gasteiger partial charge in [-0.25, -0.2) is 9.97 Å². The molecule has 2 aromatic carbocycles. The minimum atomic E-state index is 0.528. The monoisotopic (exact) mass is 368 g/mol. The van der Waals surface area contributed by atoms with Gasteiger partial charge in [0, 0.05) is 22.4 Å². The Morgan fingerprint density at radius 1 is 1.00 bits per heavy atom. The van der Waals surface area contributed by atoms with Crippen LogP contribution in [0.4, 0.5) is 11.5 Å². The van der Waals surface area contributed by atoms with E-state index in [0.717, 1.165) is 50.2 Å². The summed E-state index contributed by atoms with van der Waals surface area (Å²) in [6.45, 7) is 0. The second-order valence-electron chi connectivity index (χ2n) is 7.60. The van der Waals surface area contributed by atoms with Gasteiger partial charge in [-0.3, -0.25) is 5.10 Å². The van der Waals surface area contributed by atoms with E-state index in [1.807, 2.05) is 24.4 Å². The van der Waals surface area contributed by atoms with E-state index >= 15 is 0 Å². The normalized spacial score (nSPS) is 15.1. The highest BCUT2D eigenvalue weighted by Crippen LogP contribution is 2.36. The SMILES string of the molecule is c1ccc2c(c1)nc(Nc1ccc3cn[nH]c3c1)c1[nH]c(C3CCCC3)nc12. The summed E-state index contributed by atoms with van der Waals surface area (Å²) in [4.78, 5) is 13.5. The van der Waals surface area contributed by atoms with Gasteiger partial charge in [0.05, 0.1) is 17.2 Å². The fourth-order valence-electron chi connectivity index (χ4n) is 4.34. The van der Waals surface area contributed by atoms with Crippen molar-refractivity contribution in [2.24, 2.45) is 0 Å². The zero-order valence-corrected chi connectivity index (χ0v) is 15.4. The molecule has 6 heteroatoms. The van der Waals surface area contributed by atoms with Gasteiger partial charge in [0.1, 0.15) is 16.9 Å². The van der Waals surface area contributed by atoms with Crippen molar-refractivity contribution in [1.29, 1.82) is 0 Å². The average molecular weight is 368 g/mol. The van der Waals surface area contributed by atoms with Gasteiger partial charge in [-0.1, -0.05) is 31.0 Å². The molecule has 0 radical (unpaired) electrons. The summed E-state index contributed by atoms with van der Waals surface area (Å²) < 4.78 is 0. The third-order valence-electron chi connectivity index (χ3n) is 5.80. The minimum absolute atomic E-state index is 0.528. The highest BCUT2D eigenvalue weighted by Gasteiger charge is 2.22. The zero-order valence-electron chi connectivity index (χ0n) is 15.4. The topological polar surface area (TPSA) is 82.3 Å². The van der Waals surface area contributed by atoms with Gasteiger partial charge < -0.3 is 10.3 Å². The summed E-state index contributed by atoms with van der Waals surface area (Å²) in [5, 5.41) is 12.8. The van der Waals surface area contributed by atoms with Crippen molar-refractivity contribution in [3.63, 3.8) is 0 Å². The maximum absolute atomic E-state index is 5.02. The van der Waals surface area contributed by atoms with E-state index in [0.29, 0.717) is 5.92 Å². The summed E-state index contributed by atoms with van der Waals surface area (Å²) in [7, 11) is 0. The molecule has 0 spiro atoms. The van der Waals surface area contributed by atoms with Crippen LogP contribution in [0.2, 0.25) is 0 Å². The fraction of sp³-hybridized carbons (Fsp3) is 0.227. The highest BCUT2D eigenvalue weighted by molar-refractivity contribution is 6.07. The third-order valence-corrected chi connectivity index (χ3v) is 5.80. The second kappa shape index (κ2) is 6.05. The zero-order chi connectivity index (χ0) is 18.5. The third kappa shape index (κ3) is 2.45. The molecule has 1 aliphatic carbocycles. The number of hydrogen-bond donors (Lipinski definition) is 3. The Hall–Kier alpha value is -3.41. The molecule has 6 nitrogen and oxygen atoms in total. The molecule has 3 heterocycles. The molecule has 1 fully saturated rings. The van der Waals surface area contributed by atoms with E-state index in [2.05, 4.69) is 44.8 Å². The second-order valence-corrected chi connectivity index (χ2v) is 7.60.